The summed E-state index contributed by atoms with van der Waals surface area (Å²) in [6.07, 6.45) is 2.07. The van der Waals surface area contributed by atoms with E-state index in [-0.39, 0.29) is 11.3 Å². The summed E-state index contributed by atoms with van der Waals surface area (Å²) in [6, 6.07) is 5.18. The molecule has 0 aliphatic carbocycles. The van der Waals surface area contributed by atoms with Gasteiger partial charge in [-0.05, 0) is 29.5 Å². The van der Waals surface area contributed by atoms with Gasteiger partial charge in [0.05, 0.1) is 18.8 Å². The van der Waals surface area contributed by atoms with Crippen molar-refractivity contribution in [3.05, 3.63) is 36.4 Å². The van der Waals surface area contributed by atoms with Gasteiger partial charge in [-0.2, -0.15) is 0 Å². The lowest BCUT2D eigenvalue weighted by atomic mass is 9.87. The maximum absolute atomic E-state index is 12.0. The van der Waals surface area contributed by atoms with Crippen molar-refractivity contribution in [3.63, 3.8) is 0 Å². The zero-order chi connectivity index (χ0) is 15.3. The van der Waals surface area contributed by atoms with Crippen molar-refractivity contribution in [3.8, 4) is 5.75 Å². The summed E-state index contributed by atoms with van der Waals surface area (Å²) in [4.78, 5) is 12.0. The lowest BCUT2D eigenvalue weighted by Crippen LogP contribution is -2.35. The highest BCUT2D eigenvalue weighted by atomic mass is 16.5. The number of hydrogen-bond donors (Lipinski definition) is 2. The van der Waals surface area contributed by atoms with Gasteiger partial charge in [0.2, 0.25) is 5.91 Å². The SMILES string of the molecule is C=CCC(N)C(=O)Nc1cc(C(C)(C)C)ccc1OC. The standard InChI is InChI=1S/C16H24N2O2/c1-6-7-12(17)15(19)18-13-10-11(16(2,3)4)8-9-14(13)20-5/h6,8-10,12H,1,7,17H2,2-5H3,(H,18,19). The van der Waals surface area contributed by atoms with Gasteiger partial charge in [0.25, 0.3) is 0 Å². The van der Waals surface area contributed by atoms with Crippen LogP contribution in [-0.4, -0.2) is 19.1 Å². The Balaban J connectivity index is 3.03. The summed E-state index contributed by atoms with van der Waals surface area (Å²) in [5.41, 5.74) is 7.52. The predicted octanol–water partition coefficient (Wildman–Crippen LogP) is 2.83. The summed E-state index contributed by atoms with van der Waals surface area (Å²) >= 11 is 0. The molecular formula is C16H24N2O2. The third-order valence-corrected chi connectivity index (χ3v) is 3.08. The number of methoxy groups -OCH3 is 1. The van der Waals surface area contributed by atoms with E-state index in [1.54, 1.807) is 13.2 Å². The fourth-order valence-electron chi connectivity index (χ4n) is 1.78. The lowest BCUT2D eigenvalue weighted by Gasteiger charge is -2.21. The second-order valence-electron chi connectivity index (χ2n) is 5.79. The summed E-state index contributed by atoms with van der Waals surface area (Å²) in [6.45, 7) is 9.93. The lowest BCUT2D eigenvalue weighted by molar-refractivity contribution is -0.117. The van der Waals surface area contributed by atoms with Crippen LogP contribution in [0, 0.1) is 0 Å². The van der Waals surface area contributed by atoms with Crippen LogP contribution >= 0.6 is 0 Å². The van der Waals surface area contributed by atoms with Gasteiger partial charge in [0.15, 0.2) is 0 Å². The van der Waals surface area contributed by atoms with Crippen LogP contribution in [-0.2, 0) is 10.2 Å². The minimum Gasteiger partial charge on any atom is -0.495 e. The molecule has 1 rings (SSSR count). The summed E-state index contributed by atoms with van der Waals surface area (Å²) in [5.74, 6) is 0.381. The van der Waals surface area contributed by atoms with Gasteiger partial charge in [-0.3, -0.25) is 4.79 Å². The Morgan fingerprint density at radius 1 is 1.50 bits per heavy atom. The van der Waals surface area contributed by atoms with Crippen molar-refractivity contribution in [1.29, 1.82) is 0 Å². The molecule has 1 amide bonds. The van der Waals surface area contributed by atoms with Crippen molar-refractivity contribution in [2.24, 2.45) is 5.73 Å². The van der Waals surface area contributed by atoms with Gasteiger partial charge < -0.3 is 15.8 Å². The molecule has 4 nitrogen and oxygen atoms in total. The van der Waals surface area contributed by atoms with Gasteiger partial charge in [-0.25, -0.2) is 0 Å². The maximum atomic E-state index is 12.0. The van der Waals surface area contributed by atoms with Crippen molar-refractivity contribution in [2.75, 3.05) is 12.4 Å². The molecule has 4 heteroatoms. The van der Waals surface area contributed by atoms with Crippen LogP contribution in [0.1, 0.15) is 32.8 Å². The molecule has 0 aromatic heterocycles. The molecule has 0 spiro atoms. The summed E-state index contributed by atoms with van der Waals surface area (Å²) in [5, 5.41) is 2.82. The molecule has 1 atom stereocenters. The fraction of sp³-hybridized carbons (Fsp3) is 0.438. The van der Waals surface area contributed by atoms with E-state index in [2.05, 4.69) is 32.7 Å². The Kier molecular flexibility index (Phi) is 5.34. The predicted molar refractivity (Wildman–Crippen MR) is 83.1 cm³/mol. The van der Waals surface area contributed by atoms with Crippen LogP contribution < -0.4 is 15.8 Å². The van der Waals surface area contributed by atoms with Gasteiger partial charge in [0.1, 0.15) is 5.75 Å². The van der Waals surface area contributed by atoms with E-state index in [1.165, 1.54) is 0 Å². The molecule has 0 aliphatic heterocycles. The zero-order valence-corrected chi connectivity index (χ0v) is 12.7. The van der Waals surface area contributed by atoms with Crippen LogP contribution in [0.25, 0.3) is 0 Å². The van der Waals surface area contributed by atoms with Crippen LogP contribution in [0.2, 0.25) is 0 Å². The number of hydrogen-bond acceptors (Lipinski definition) is 3. The van der Waals surface area contributed by atoms with Gasteiger partial charge >= 0.3 is 0 Å². The van der Waals surface area contributed by atoms with E-state index in [0.29, 0.717) is 17.9 Å². The van der Waals surface area contributed by atoms with E-state index in [1.807, 2.05) is 18.2 Å². The quantitative estimate of drug-likeness (QED) is 0.813. The van der Waals surface area contributed by atoms with Gasteiger partial charge in [0, 0.05) is 0 Å². The highest BCUT2D eigenvalue weighted by Gasteiger charge is 2.18. The number of benzene rings is 1. The van der Waals surface area contributed by atoms with Crippen molar-refractivity contribution in [1.82, 2.24) is 0 Å². The van der Waals surface area contributed by atoms with E-state index < -0.39 is 6.04 Å². The zero-order valence-electron chi connectivity index (χ0n) is 12.7. The maximum Gasteiger partial charge on any atom is 0.241 e. The van der Waals surface area contributed by atoms with E-state index in [0.717, 1.165) is 5.56 Å². The largest absolute Gasteiger partial charge is 0.495 e. The Hall–Kier alpha value is -1.81. The first kappa shape index (κ1) is 16.2. The number of anilines is 1. The first-order chi connectivity index (χ1) is 9.29. The Labute approximate surface area is 121 Å². The average Bonchev–Trinajstić information content (AvgIpc) is 2.37. The first-order valence-corrected chi connectivity index (χ1v) is 6.65. The second-order valence-corrected chi connectivity index (χ2v) is 5.79. The molecule has 0 saturated heterocycles. The molecular weight excluding hydrogens is 252 g/mol. The minimum atomic E-state index is -0.601. The molecule has 1 aromatic carbocycles. The van der Waals surface area contributed by atoms with Crippen LogP contribution in [0.3, 0.4) is 0 Å². The molecule has 0 radical (unpaired) electrons. The average molecular weight is 276 g/mol. The monoisotopic (exact) mass is 276 g/mol. The molecule has 110 valence electrons. The Bertz CT molecular complexity index is 490. The van der Waals surface area contributed by atoms with Crippen molar-refractivity contribution >= 4 is 11.6 Å². The molecule has 0 aliphatic rings. The smallest absolute Gasteiger partial charge is 0.241 e. The highest BCUT2D eigenvalue weighted by Crippen LogP contribution is 2.31. The number of carbonyl (C=O) groups excluding carboxylic acids is 1. The third-order valence-electron chi connectivity index (χ3n) is 3.08. The van der Waals surface area contributed by atoms with Crippen molar-refractivity contribution < 1.29 is 9.53 Å². The number of nitrogens with one attached hydrogen (secondary N) is 1. The van der Waals surface area contributed by atoms with E-state index in [4.69, 9.17) is 10.5 Å². The summed E-state index contributed by atoms with van der Waals surface area (Å²) < 4.78 is 5.28. The third kappa shape index (κ3) is 4.10. The highest BCUT2D eigenvalue weighted by molar-refractivity contribution is 5.96. The van der Waals surface area contributed by atoms with Gasteiger partial charge in [-0.1, -0.05) is 32.9 Å². The molecule has 20 heavy (non-hydrogen) atoms. The van der Waals surface area contributed by atoms with Crippen LogP contribution in [0.5, 0.6) is 5.75 Å². The number of ether oxygens (including phenoxy) is 1. The number of rotatable bonds is 5. The van der Waals surface area contributed by atoms with E-state index >= 15 is 0 Å². The van der Waals surface area contributed by atoms with Gasteiger partial charge in [-0.15, -0.1) is 6.58 Å². The molecule has 0 heterocycles. The Morgan fingerprint density at radius 3 is 2.65 bits per heavy atom. The first-order valence-electron chi connectivity index (χ1n) is 6.65. The fourth-order valence-corrected chi connectivity index (χ4v) is 1.78. The number of nitrogens with two attached hydrogens (primary N) is 1. The van der Waals surface area contributed by atoms with Crippen LogP contribution in [0.15, 0.2) is 30.9 Å². The molecule has 3 N–H and O–H groups in total. The normalized spacial score (nSPS) is 12.7. The Morgan fingerprint density at radius 2 is 2.15 bits per heavy atom. The summed E-state index contributed by atoms with van der Waals surface area (Å²) in [7, 11) is 1.57. The second kappa shape index (κ2) is 6.57. The minimum absolute atomic E-state index is 0.00498. The van der Waals surface area contributed by atoms with E-state index in [9.17, 15) is 4.79 Å². The number of amides is 1. The van der Waals surface area contributed by atoms with Crippen LogP contribution in [0.4, 0.5) is 5.69 Å². The number of carbonyl (C=O) groups is 1. The molecule has 0 saturated carbocycles. The molecule has 1 aromatic rings. The molecule has 0 fully saturated rings. The van der Waals surface area contributed by atoms with Crippen molar-refractivity contribution in [2.45, 2.75) is 38.6 Å². The topological polar surface area (TPSA) is 64.4 Å². The molecule has 1 unspecified atom stereocenters. The molecule has 0 bridgehead atoms.